The Kier molecular flexibility index (Phi) is 4.78. The number of ether oxygens (including phenoxy) is 2. The number of hydrogen-bond acceptors (Lipinski definition) is 7. The largest absolute Gasteiger partial charge is 0.471 e. The van der Waals surface area contributed by atoms with E-state index in [0.717, 1.165) is 59.1 Å². The van der Waals surface area contributed by atoms with Crippen molar-refractivity contribution < 1.29 is 14.3 Å². The molecule has 0 radical (unpaired) electrons. The van der Waals surface area contributed by atoms with Crippen LogP contribution in [0.15, 0.2) is 30.6 Å². The summed E-state index contributed by atoms with van der Waals surface area (Å²) in [5, 5.41) is 1.95. The summed E-state index contributed by atoms with van der Waals surface area (Å²) < 4.78 is 11.6. The second-order valence-electron chi connectivity index (χ2n) is 11.6. The van der Waals surface area contributed by atoms with Crippen LogP contribution in [0.3, 0.4) is 0 Å². The molecule has 2 fully saturated rings. The van der Waals surface area contributed by atoms with Crippen LogP contribution in [0.2, 0.25) is 0 Å². The van der Waals surface area contributed by atoms with Gasteiger partial charge in [0.1, 0.15) is 12.2 Å². The Morgan fingerprint density at radius 1 is 1.11 bits per heavy atom. The topological polar surface area (TPSA) is 100 Å². The number of hydrogen-bond donors (Lipinski definition) is 1. The van der Waals surface area contributed by atoms with E-state index < -0.39 is 5.54 Å². The third-order valence-electron chi connectivity index (χ3n) is 7.84. The molecule has 2 N–H and O–H groups in total. The van der Waals surface area contributed by atoms with Crippen molar-refractivity contribution in [3.05, 3.63) is 58.8 Å². The normalized spacial score (nSPS) is 21.7. The fraction of sp³-hybridized carbons (Fsp3) is 0.500. The van der Waals surface area contributed by atoms with Crippen molar-refractivity contribution in [1.29, 1.82) is 0 Å². The lowest BCUT2D eigenvalue weighted by Gasteiger charge is -2.30. The van der Waals surface area contributed by atoms with Gasteiger partial charge in [-0.25, -0.2) is 9.78 Å². The first-order valence-corrected chi connectivity index (χ1v) is 12.5. The Labute approximate surface area is 205 Å². The van der Waals surface area contributed by atoms with Crippen LogP contribution in [0.1, 0.15) is 86.4 Å². The highest BCUT2D eigenvalue weighted by molar-refractivity contribution is 5.92. The molecule has 1 atom stereocenters. The minimum absolute atomic E-state index is 0.135. The monoisotopic (exact) mass is 472 g/mol. The molecule has 6 rings (SSSR count). The highest BCUT2D eigenvalue weighted by Gasteiger charge is 2.43. The molecule has 3 aromatic rings. The van der Waals surface area contributed by atoms with Gasteiger partial charge in [-0.3, -0.25) is 9.97 Å². The van der Waals surface area contributed by atoms with Crippen molar-refractivity contribution in [3.8, 4) is 5.88 Å². The first kappa shape index (κ1) is 22.4. The van der Waals surface area contributed by atoms with Gasteiger partial charge in [-0.05, 0) is 74.6 Å². The summed E-state index contributed by atoms with van der Waals surface area (Å²) in [5.74, 6) is 0.779. The molecule has 2 saturated carbocycles. The fourth-order valence-corrected chi connectivity index (χ4v) is 5.03. The minimum atomic E-state index is -0.458. The number of fused-ring (bicyclic) bond motifs is 2. The summed E-state index contributed by atoms with van der Waals surface area (Å²) in [4.78, 5) is 26.5. The van der Waals surface area contributed by atoms with Crippen molar-refractivity contribution in [1.82, 2.24) is 15.0 Å². The van der Waals surface area contributed by atoms with Crippen molar-refractivity contribution in [2.75, 3.05) is 6.61 Å². The van der Waals surface area contributed by atoms with E-state index in [2.05, 4.69) is 19.9 Å². The SMILES string of the molecule is CC1(Oc2ncc([C@@](C)(N)C3CC3)c3cc(Cc4ccc5c(n4)C(C)(C)COC5=O)ncc23)CC1. The number of pyridine rings is 3. The molecule has 0 saturated heterocycles. The van der Waals surface area contributed by atoms with Crippen molar-refractivity contribution >= 4 is 16.7 Å². The number of esters is 1. The predicted octanol–water partition coefficient (Wildman–Crippen LogP) is 4.58. The molecule has 0 unspecified atom stereocenters. The molecule has 0 aromatic carbocycles. The second-order valence-corrected chi connectivity index (χ2v) is 11.6. The molecule has 0 spiro atoms. The molecular formula is C28H32N4O3. The molecule has 3 aliphatic rings. The van der Waals surface area contributed by atoms with Crippen molar-refractivity contribution in [2.45, 2.75) is 76.4 Å². The van der Waals surface area contributed by atoms with Gasteiger partial charge in [0.2, 0.25) is 5.88 Å². The number of cyclic esters (lactones) is 1. The Bertz CT molecular complexity index is 1360. The van der Waals surface area contributed by atoms with Gasteiger partial charge in [-0.1, -0.05) is 13.8 Å². The summed E-state index contributed by atoms with van der Waals surface area (Å²) in [6, 6.07) is 5.83. The van der Waals surface area contributed by atoms with Crippen molar-refractivity contribution in [2.24, 2.45) is 11.7 Å². The average molecular weight is 473 g/mol. The van der Waals surface area contributed by atoms with Gasteiger partial charge >= 0.3 is 5.97 Å². The Hall–Kier alpha value is -3.06. The van der Waals surface area contributed by atoms with E-state index in [1.54, 1.807) is 0 Å². The molecule has 7 heteroatoms. The van der Waals surface area contributed by atoms with E-state index in [1.165, 1.54) is 0 Å². The number of aromatic nitrogens is 3. The zero-order valence-corrected chi connectivity index (χ0v) is 20.9. The van der Waals surface area contributed by atoms with Gasteiger partial charge in [-0.15, -0.1) is 0 Å². The maximum atomic E-state index is 12.2. The summed E-state index contributed by atoms with van der Waals surface area (Å²) in [5.41, 5.74) is 10.1. The molecule has 0 amide bonds. The van der Waals surface area contributed by atoms with Gasteiger partial charge in [0, 0.05) is 41.2 Å². The fourth-order valence-electron chi connectivity index (χ4n) is 5.03. The van der Waals surface area contributed by atoms with Crippen LogP contribution in [0.4, 0.5) is 0 Å². The molecule has 1 aliphatic heterocycles. The Morgan fingerprint density at radius 3 is 2.60 bits per heavy atom. The number of carbonyl (C=O) groups is 1. The van der Waals surface area contributed by atoms with Crippen molar-refractivity contribution in [3.63, 3.8) is 0 Å². The van der Waals surface area contributed by atoms with E-state index in [0.29, 0.717) is 30.4 Å². The standard InChI is InChI=1S/C28H32N4O3/c1-26(2)15-34-25(33)19-8-7-17(32-23(19)26)11-18-12-20-21(13-30-18)24(35-27(3)9-10-27)31-14-22(20)28(4,29)16-5-6-16/h7-8,12-14,16H,5-6,9-11,15,29H2,1-4H3/t28-/m0/s1. The van der Waals surface area contributed by atoms with Crippen LogP contribution in [-0.4, -0.2) is 33.1 Å². The molecule has 35 heavy (non-hydrogen) atoms. The first-order chi connectivity index (χ1) is 16.6. The second kappa shape index (κ2) is 7.47. The maximum absolute atomic E-state index is 12.2. The van der Waals surface area contributed by atoms with Crippen LogP contribution in [0, 0.1) is 5.92 Å². The van der Waals surface area contributed by atoms with Gasteiger partial charge in [-0.2, -0.15) is 0 Å². The minimum Gasteiger partial charge on any atom is -0.471 e. The number of nitrogens with two attached hydrogens (primary N) is 1. The molecule has 182 valence electrons. The number of rotatable bonds is 6. The predicted molar refractivity (Wildman–Crippen MR) is 132 cm³/mol. The third kappa shape index (κ3) is 3.96. The molecule has 7 nitrogen and oxygen atoms in total. The Morgan fingerprint density at radius 2 is 1.89 bits per heavy atom. The van der Waals surface area contributed by atoms with Crippen LogP contribution >= 0.6 is 0 Å². The maximum Gasteiger partial charge on any atom is 0.340 e. The third-order valence-corrected chi connectivity index (χ3v) is 7.84. The quantitative estimate of drug-likeness (QED) is 0.524. The summed E-state index contributed by atoms with van der Waals surface area (Å²) in [7, 11) is 0. The lowest BCUT2D eigenvalue weighted by Crippen LogP contribution is -2.36. The van der Waals surface area contributed by atoms with Gasteiger partial charge in [0.15, 0.2) is 0 Å². The van der Waals surface area contributed by atoms with E-state index >= 15 is 0 Å². The van der Waals surface area contributed by atoms with Crippen LogP contribution in [0.5, 0.6) is 5.88 Å². The van der Waals surface area contributed by atoms with Gasteiger partial charge in [0.05, 0.1) is 16.6 Å². The smallest absolute Gasteiger partial charge is 0.340 e. The van der Waals surface area contributed by atoms with Crippen LogP contribution in [0.25, 0.3) is 10.8 Å². The average Bonchev–Trinajstić information content (AvgIpc) is 3.74. The molecule has 4 heterocycles. The molecular weight excluding hydrogens is 440 g/mol. The highest BCUT2D eigenvalue weighted by atomic mass is 16.5. The van der Waals surface area contributed by atoms with E-state index in [1.807, 2.05) is 38.4 Å². The summed E-state index contributed by atoms with van der Waals surface area (Å²) >= 11 is 0. The van der Waals surface area contributed by atoms with Crippen LogP contribution in [-0.2, 0) is 22.1 Å². The van der Waals surface area contributed by atoms with E-state index in [9.17, 15) is 4.79 Å². The number of carbonyl (C=O) groups excluding carboxylic acids is 1. The Balaban J connectivity index is 1.41. The van der Waals surface area contributed by atoms with E-state index in [4.69, 9.17) is 30.2 Å². The lowest BCUT2D eigenvalue weighted by atomic mass is 9.84. The van der Waals surface area contributed by atoms with Gasteiger partial charge in [0.25, 0.3) is 0 Å². The first-order valence-electron chi connectivity index (χ1n) is 12.5. The molecule has 2 aliphatic carbocycles. The molecule has 3 aromatic heterocycles. The molecule has 0 bridgehead atoms. The summed E-state index contributed by atoms with van der Waals surface area (Å²) in [6.07, 6.45) is 8.67. The van der Waals surface area contributed by atoms with Gasteiger partial charge < -0.3 is 15.2 Å². The van der Waals surface area contributed by atoms with E-state index in [-0.39, 0.29) is 17.0 Å². The highest BCUT2D eigenvalue weighted by Crippen LogP contribution is 2.47. The zero-order chi connectivity index (χ0) is 24.6. The lowest BCUT2D eigenvalue weighted by molar-refractivity contribution is 0.0366. The van der Waals surface area contributed by atoms with Crippen LogP contribution < -0.4 is 10.5 Å². The number of nitrogens with zero attached hydrogens (tertiary/aromatic N) is 3. The summed E-state index contributed by atoms with van der Waals surface area (Å²) in [6.45, 7) is 8.65. The zero-order valence-electron chi connectivity index (χ0n) is 20.9.